The van der Waals surface area contributed by atoms with Crippen LogP contribution in [0, 0.1) is 0 Å². The van der Waals surface area contributed by atoms with E-state index >= 15 is 0 Å². The number of nitrogens with zero attached hydrogens (tertiary/aromatic N) is 1. The van der Waals surface area contributed by atoms with Gasteiger partial charge in [0.15, 0.2) is 0 Å². The van der Waals surface area contributed by atoms with Gasteiger partial charge in [-0.25, -0.2) is 4.98 Å². The first kappa shape index (κ1) is 13.7. The summed E-state index contributed by atoms with van der Waals surface area (Å²) in [7, 11) is 3.28. The third-order valence-electron chi connectivity index (χ3n) is 3.35. The third-order valence-corrected chi connectivity index (χ3v) is 3.66. The molecule has 3 aromatic rings. The molecule has 0 aliphatic rings. The minimum atomic E-state index is 0.657. The molecular weight excluding hydrogens is 286 g/mol. The first-order valence-electron chi connectivity index (χ1n) is 6.50. The van der Waals surface area contributed by atoms with Gasteiger partial charge in [-0.2, -0.15) is 0 Å². The highest BCUT2D eigenvalue weighted by Crippen LogP contribution is 2.31. The molecule has 0 saturated carbocycles. The summed E-state index contributed by atoms with van der Waals surface area (Å²) >= 11 is 6.38. The van der Waals surface area contributed by atoms with Gasteiger partial charge in [-0.3, -0.25) is 0 Å². The van der Waals surface area contributed by atoms with Gasteiger partial charge in [-0.15, -0.1) is 0 Å². The number of hydrogen-bond donors (Lipinski definition) is 0. The molecule has 0 spiro atoms. The van der Waals surface area contributed by atoms with E-state index in [1.807, 2.05) is 48.5 Å². The normalized spacial score (nSPS) is 10.6. The number of rotatable bonds is 3. The Kier molecular flexibility index (Phi) is 3.67. The summed E-state index contributed by atoms with van der Waals surface area (Å²) in [5, 5.41) is 1.54. The summed E-state index contributed by atoms with van der Waals surface area (Å²) in [6, 6.07) is 15.3. The Labute approximate surface area is 128 Å². The van der Waals surface area contributed by atoms with Crippen LogP contribution in [0.1, 0.15) is 0 Å². The van der Waals surface area contributed by atoms with Gasteiger partial charge in [0, 0.05) is 10.9 Å². The highest BCUT2D eigenvalue weighted by molar-refractivity contribution is 6.35. The van der Waals surface area contributed by atoms with Crippen LogP contribution in [0.4, 0.5) is 0 Å². The van der Waals surface area contributed by atoms with E-state index in [1.165, 1.54) is 0 Å². The van der Waals surface area contributed by atoms with Crippen molar-refractivity contribution in [3.8, 4) is 22.8 Å². The second kappa shape index (κ2) is 5.62. The molecule has 3 nitrogen and oxygen atoms in total. The zero-order chi connectivity index (χ0) is 14.8. The molecule has 0 unspecified atom stereocenters. The number of ether oxygens (including phenoxy) is 2. The first-order valence-corrected chi connectivity index (χ1v) is 6.88. The maximum atomic E-state index is 6.38. The second-order valence-electron chi connectivity index (χ2n) is 4.60. The molecule has 1 heterocycles. The SMILES string of the molecule is COc1ccc(-c2cc(Cl)c3cc(OC)ccc3n2)cc1. The lowest BCUT2D eigenvalue weighted by molar-refractivity contribution is 0.415. The van der Waals surface area contributed by atoms with Gasteiger partial charge in [0.2, 0.25) is 0 Å². The molecule has 4 heteroatoms. The molecular formula is C17H14ClNO2. The number of fused-ring (bicyclic) bond motifs is 1. The van der Waals surface area contributed by atoms with E-state index in [1.54, 1.807) is 14.2 Å². The van der Waals surface area contributed by atoms with Crippen LogP contribution >= 0.6 is 11.6 Å². The van der Waals surface area contributed by atoms with Crippen molar-refractivity contribution in [1.29, 1.82) is 0 Å². The molecule has 0 N–H and O–H groups in total. The van der Waals surface area contributed by atoms with E-state index in [4.69, 9.17) is 21.1 Å². The quantitative estimate of drug-likeness (QED) is 0.710. The molecule has 2 aromatic carbocycles. The Morgan fingerprint density at radius 2 is 1.52 bits per heavy atom. The number of aromatic nitrogens is 1. The lowest BCUT2D eigenvalue weighted by atomic mass is 10.1. The van der Waals surface area contributed by atoms with E-state index in [0.29, 0.717) is 5.02 Å². The Hall–Kier alpha value is -2.26. The molecule has 0 amide bonds. The van der Waals surface area contributed by atoms with Crippen LogP contribution in [0.3, 0.4) is 0 Å². The third kappa shape index (κ3) is 2.65. The summed E-state index contributed by atoms with van der Waals surface area (Å²) in [6.07, 6.45) is 0. The lowest BCUT2D eigenvalue weighted by Crippen LogP contribution is -1.89. The van der Waals surface area contributed by atoms with E-state index in [9.17, 15) is 0 Å². The molecule has 21 heavy (non-hydrogen) atoms. The average molecular weight is 300 g/mol. The lowest BCUT2D eigenvalue weighted by Gasteiger charge is -2.08. The number of benzene rings is 2. The zero-order valence-electron chi connectivity index (χ0n) is 11.8. The van der Waals surface area contributed by atoms with Crippen molar-refractivity contribution in [1.82, 2.24) is 4.98 Å². The summed E-state index contributed by atoms with van der Waals surface area (Å²) in [6.45, 7) is 0. The van der Waals surface area contributed by atoms with Gasteiger partial charge in [0.25, 0.3) is 0 Å². The summed E-state index contributed by atoms with van der Waals surface area (Å²) in [4.78, 5) is 4.66. The summed E-state index contributed by atoms with van der Waals surface area (Å²) in [5.41, 5.74) is 2.67. The first-order chi connectivity index (χ1) is 10.2. The van der Waals surface area contributed by atoms with Crippen LogP contribution in [0.15, 0.2) is 48.5 Å². The van der Waals surface area contributed by atoms with Gasteiger partial charge in [-0.05, 0) is 48.5 Å². The zero-order valence-corrected chi connectivity index (χ0v) is 12.5. The molecule has 0 fully saturated rings. The van der Waals surface area contributed by atoms with E-state index < -0.39 is 0 Å². The van der Waals surface area contributed by atoms with Crippen LogP contribution in [0.2, 0.25) is 5.02 Å². The number of halogens is 1. The molecule has 0 aliphatic carbocycles. The fourth-order valence-corrected chi connectivity index (χ4v) is 2.46. The molecule has 0 bridgehead atoms. The molecule has 1 aromatic heterocycles. The van der Waals surface area contributed by atoms with Crippen LogP contribution in [0.25, 0.3) is 22.2 Å². The highest BCUT2D eigenvalue weighted by Gasteiger charge is 2.07. The topological polar surface area (TPSA) is 31.4 Å². The van der Waals surface area contributed by atoms with Crippen molar-refractivity contribution in [2.24, 2.45) is 0 Å². The fourth-order valence-electron chi connectivity index (χ4n) is 2.20. The van der Waals surface area contributed by atoms with Crippen molar-refractivity contribution in [2.45, 2.75) is 0 Å². The Morgan fingerprint density at radius 1 is 0.857 bits per heavy atom. The van der Waals surface area contributed by atoms with Gasteiger partial charge in [0.1, 0.15) is 11.5 Å². The predicted octanol–water partition coefficient (Wildman–Crippen LogP) is 4.57. The second-order valence-corrected chi connectivity index (χ2v) is 5.01. The Morgan fingerprint density at radius 3 is 2.19 bits per heavy atom. The maximum absolute atomic E-state index is 6.38. The maximum Gasteiger partial charge on any atom is 0.119 e. The van der Waals surface area contributed by atoms with Crippen LogP contribution in [-0.2, 0) is 0 Å². The van der Waals surface area contributed by atoms with Crippen molar-refractivity contribution >= 4 is 22.5 Å². The van der Waals surface area contributed by atoms with Crippen LogP contribution in [-0.4, -0.2) is 19.2 Å². The van der Waals surface area contributed by atoms with Crippen molar-refractivity contribution in [2.75, 3.05) is 14.2 Å². The van der Waals surface area contributed by atoms with E-state index in [2.05, 4.69) is 4.98 Å². The van der Waals surface area contributed by atoms with Gasteiger partial charge in [-0.1, -0.05) is 11.6 Å². The molecule has 0 saturated heterocycles. The number of hydrogen-bond acceptors (Lipinski definition) is 3. The minimum absolute atomic E-state index is 0.657. The predicted molar refractivity (Wildman–Crippen MR) is 85.3 cm³/mol. The molecule has 0 atom stereocenters. The summed E-state index contributed by atoms with van der Waals surface area (Å²) in [5.74, 6) is 1.58. The largest absolute Gasteiger partial charge is 0.497 e. The molecule has 0 aliphatic heterocycles. The molecule has 3 rings (SSSR count). The number of pyridine rings is 1. The highest BCUT2D eigenvalue weighted by atomic mass is 35.5. The van der Waals surface area contributed by atoms with Crippen molar-refractivity contribution in [3.63, 3.8) is 0 Å². The fraction of sp³-hybridized carbons (Fsp3) is 0.118. The Bertz CT molecular complexity index is 785. The smallest absolute Gasteiger partial charge is 0.119 e. The summed E-state index contributed by atoms with van der Waals surface area (Å²) < 4.78 is 10.4. The van der Waals surface area contributed by atoms with Gasteiger partial charge < -0.3 is 9.47 Å². The van der Waals surface area contributed by atoms with Crippen molar-refractivity contribution < 1.29 is 9.47 Å². The average Bonchev–Trinajstić information content (AvgIpc) is 2.54. The van der Waals surface area contributed by atoms with Crippen molar-refractivity contribution in [3.05, 3.63) is 53.6 Å². The standard InChI is InChI=1S/C17H14ClNO2/c1-20-12-5-3-11(4-6-12)17-10-15(18)14-9-13(21-2)7-8-16(14)19-17/h3-10H,1-2H3. The van der Waals surface area contributed by atoms with Gasteiger partial charge >= 0.3 is 0 Å². The van der Waals surface area contributed by atoms with Crippen LogP contribution in [0.5, 0.6) is 11.5 Å². The Balaban J connectivity index is 2.11. The molecule has 0 radical (unpaired) electrons. The van der Waals surface area contributed by atoms with Gasteiger partial charge in [0.05, 0.1) is 30.5 Å². The van der Waals surface area contributed by atoms with E-state index in [-0.39, 0.29) is 0 Å². The number of methoxy groups -OCH3 is 2. The minimum Gasteiger partial charge on any atom is -0.497 e. The molecule has 106 valence electrons. The van der Waals surface area contributed by atoms with Crippen LogP contribution < -0.4 is 9.47 Å². The van der Waals surface area contributed by atoms with E-state index in [0.717, 1.165) is 33.7 Å². The monoisotopic (exact) mass is 299 g/mol.